The molecule has 2 aromatic carbocycles. The third-order valence-corrected chi connectivity index (χ3v) is 5.51. The molecule has 1 N–H and O–H groups in total. The molecule has 1 aliphatic rings. The molecule has 0 bridgehead atoms. The molecule has 2 aromatic rings. The molecule has 30 heavy (non-hydrogen) atoms. The van der Waals surface area contributed by atoms with E-state index in [0.717, 1.165) is 0 Å². The van der Waals surface area contributed by atoms with Gasteiger partial charge in [0.05, 0.1) is 34.9 Å². The van der Waals surface area contributed by atoms with Crippen LogP contribution in [0.1, 0.15) is 24.1 Å². The SMILES string of the molecule is CCOc1ccc(C(O)=C2C(=O)C(=O)N(CCOC)C2c2ccc(Cl)c(Cl)c2)cc1. The van der Waals surface area contributed by atoms with Crippen LogP contribution in [0, 0.1) is 0 Å². The number of halogens is 2. The van der Waals surface area contributed by atoms with Crippen molar-refractivity contribution in [1.29, 1.82) is 0 Å². The first-order chi connectivity index (χ1) is 14.4. The number of benzene rings is 2. The van der Waals surface area contributed by atoms with Crippen LogP contribution in [-0.2, 0) is 14.3 Å². The summed E-state index contributed by atoms with van der Waals surface area (Å²) in [6.07, 6.45) is 0. The molecular weight excluding hydrogens is 429 g/mol. The molecule has 1 unspecified atom stereocenters. The molecule has 1 fully saturated rings. The molecule has 1 amide bonds. The summed E-state index contributed by atoms with van der Waals surface area (Å²) in [6.45, 7) is 2.78. The van der Waals surface area contributed by atoms with Gasteiger partial charge in [0.2, 0.25) is 0 Å². The Hall–Kier alpha value is -2.54. The fourth-order valence-corrected chi connectivity index (χ4v) is 3.67. The lowest BCUT2D eigenvalue weighted by molar-refractivity contribution is -0.140. The maximum atomic E-state index is 12.9. The molecule has 6 nitrogen and oxygen atoms in total. The van der Waals surface area contributed by atoms with Crippen LogP contribution in [-0.4, -0.2) is 48.6 Å². The van der Waals surface area contributed by atoms with Gasteiger partial charge in [-0.1, -0.05) is 29.3 Å². The Morgan fingerprint density at radius 1 is 1.10 bits per heavy atom. The quantitative estimate of drug-likeness (QED) is 0.383. The topological polar surface area (TPSA) is 76.1 Å². The van der Waals surface area contributed by atoms with Crippen molar-refractivity contribution >= 4 is 40.7 Å². The number of methoxy groups -OCH3 is 1. The number of carbonyl (C=O) groups is 2. The van der Waals surface area contributed by atoms with Crippen LogP contribution in [0.2, 0.25) is 10.0 Å². The number of hydrogen-bond acceptors (Lipinski definition) is 5. The lowest BCUT2D eigenvalue weighted by Crippen LogP contribution is -2.32. The minimum Gasteiger partial charge on any atom is -0.507 e. The van der Waals surface area contributed by atoms with Gasteiger partial charge in [-0.3, -0.25) is 9.59 Å². The second-order valence-corrected chi connectivity index (χ2v) is 7.43. The molecule has 1 aliphatic heterocycles. The molecule has 0 spiro atoms. The van der Waals surface area contributed by atoms with Crippen LogP contribution in [0.5, 0.6) is 5.75 Å². The zero-order chi connectivity index (χ0) is 21.8. The number of amides is 1. The molecule has 158 valence electrons. The second kappa shape index (κ2) is 9.51. The number of carbonyl (C=O) groups excluding carboxylic acids is 2. The molecule has 0 radical (unpaired) electrons. The largest absolute Gasteiger partial charge is 0.507 e. The van der Waals surface area contributed by atoms with Gasteiger partial charge in [-0.15, -0.1) is 0 Å². The number of Topliss-reactive ketones (excluding diaryl/α,β-unsaturated/α-hetero) is 1. The summed E-state index contributed by atoms with van der Waals surface area (Å²) in [4.78, 5) is 27.0. The van der Waals surface area contributed by atoms with E-state index in [-0.39, 0.29) is 29.5 Å². The summed E-state index contributed by atoms with van der Waals surface area (Å²) in [7, 11) is 1.50. The van der Waals surface area contributed by atoms with Crippen LogP contribution in [0.4, 0.5) is 0 Å². The van der Waals surface area contributed by atoms with Gasteiger partial charge in [-0.05, 0) is 48.9 Å². The van der Waals surface area contributed by atoms with Gasteiger partial charge < -0.3 is 19.5 Å². The minimum absolute atomic E-state index is 0.0151. The van der Waals surface area contributed by atoms with Gasteiger partial charge in [0.1, 0.15) is 11.5 Å². The Balaban J connectivity index is 2.12. The standard InChI is InChI=1S/C22H21Cl2NO5/c1-3-30-15-7-4-13(5-8-15)20(26)18-19(14-6-9-16(23)17(24)12-14)25(10-11-29-2)22(28)21(18)27/h4-9,12,19,26H,3,10-11H2,1-2H3. The summed E-state index contributed by atoms with van der Waals surface area (Å²) in [6, 6.07) is 10.7. The zero-order valence-electron chi connectivity index (χ0n) is 16.5. The second-order valence-electron chi connectivity index (χ2n) is 6.62. The van der Waals surface area contributed by atoms with Crippen molar-refractivity contribution in [1.82, 2.24) is 4.90 Å². The monoisotopic (exact) mass is 449 g/mol. The third-order valence-electron chi connectivity index (χ3n) is 4.77. The Labute approximate surface area is 184 Å². The molecule has 1 saturated heterocycles. The first-order valence-corrected chi connectivity index (χ1v) is 10.1. The predicted octanol–water partition coefficient (Wildman–Crippen LogP) is 4.46. The van der Waals surface area contributed by atoms with Crippen LogP contribution in [0.3, 0.4) is 0 Å². The van der Waals surface area contributed by atoms with Gasteiger partial charge in [-0.2, -0.15) is 0 Å². The van der Waals surface area contributed by atoms with Crippen molar-refractivity contribution in [2.75, 3.05) is 26.9 Å². The maximum Gasteiger partial charge on any atom is 0.295 e. The van der Waals surface area contributed by atoms with E-state index in [1.54, 1.807) is 42.5 Å². The van der Waals surface area contributed by atoms with E-state index in [0.29, 0.717) is 28.5 Å². The highest BCUT2D eigenvalue weighted by atomic mass is 35.5. The number of likely N-dealkylation sites (tertiary alicyclic amines) is 1. The smallest absolute Gasteiger partial charge is 0.295 e. The number of hydrogen-bond donors (Lipinski definition) is 1. The Kier molecular flexibility index (Phi) is 7.02. The molecule has 8 heteroatoms. The van der Waals surface area contributed by atoms with Gasteiger partial charge in [0.15, 0.2) is 0 Å². The van der Waals surface area contributed by atoms with Gasteiger partial charge >= 0.3 is 0 Å². The number of ether oxygens (including phenoxy) is 2. The molecule has 1 atom stereocenters. The van der Waals surface area contributed by atoms with Crippen LogP contribution in [0.25, 0.3) is 5.76 Å². The molecule has 0 aromatic heterocycles. The highest BCUT2D eigenvalue weighted by Crippen LogP contribution is 2.40. The van der Waals surface area contributed by atoms with Gasteiger partial charge in [-0.25, -0.2) is 0 Å². The lowest BCUT2D eigenvalue weighted by Gasteiger charge is -2.25. The summed E-state index contributed by atoms with van der Waals surface area (Å²) in [5.74, 6) is -1.12. The minimum atomic E-state index is -0.818. The average Bonchev–Trinajstić information content (AvgIpc) is 2.99. The van der Waals surface area contributed by atoms with Crippen molar-refractivity contribution in [3.05, 3.63) is 69.2 Å². The van der Waals surface area contributed by atoms with Crippen molar-refractivity contribution in [2.45, 2.75) is 13.0 Å². The van der Waals surface area contributed by atoms with Crippen molar-refractivity contribution < 1.29 is 24.2 Å². The maximum absolute atomic E-state index is 12.9. The van der Waals surface area contributed by atoms with E-state index >= 15 is 0 Å². The number of aliphatic hydroxyl groups excluding tert-OH is 1. The van der Waals surface area contributed by atoms with Crippen LogP contribution < -0.4 is 4.74 Å². The first kappa shape index (κ1) is 22.2. The lowest BCUT2D eigenvalue weighted by atomic mass is 9.95. The first-order valence-electron chi connectivity index (χ1n) is 9.34. The number of nitrogens with zero attached hydrogens (tertiary/aromatic N) is 1. The van der Waals surface area contributed by atoms with Crippen LogP contribution >= 0.6 is 23.2 Å². The number of aliphatic hydroxyl groups is 1. The van der Waals surface area contributed by atoms with E-state index in [1.165, 1.54) is 12.0 Å². The van der Waals surface area contributed by atoms with Crippen LogP contribution in [0.15, 0.2) is 48.0 Å². The normalized spacial score (nSPS) is 18.1. The van der Waals surface area contributed by atoms with E-state index < -0.39 is 17.7 Å². The highest BCUT2D eigenvalue weighted by Gasteiger charge is 2.46. The van der Waals surface area contributed by atoms with E-state index in [2.05, 4.69) is 0 Å². The van der Waals surface area contributed by atoms with Crippen molar-refractivity contribution in [3.8, 4) is 5.75 Å². The fraction of sp³-hybridized carbons (Fsp3) is 0.273. The van der Waals surface area contributed by atoms with Crippen molar-refractivity contribution in [2.24, 2.45) is 0 Å². The Morgan fingerprint density at radius 3 is 2.40 bits per heavy atom. The van der Waals surface area contributed by atoms with E-state index in [1.807, 2.05) is 6.92 Å². The molecular formula is C22H21Cl2NO5. The summed E-state index contributed by atoms with van der Waals surface area (Å²) in [5.41, 5.74) is 0.944. The predicted molar refractivity (Wildman–Crippen MR) is 115 cm³/mol. The third kappa shape index (κ3) is 4.31. The average molecular weight is 450 g/mol. The fourth-order valence-electron chi connectivity index (χ4n) is 3.36. The summed E-state index contributed by atoms with van der Waals surface area (Å²) >= 11 is 12.2. The molecule has 3 rings (SSSR count). The van der Waals surface area contributed by atoms with Crippen molar-refractivity contribution in [3.63, 3.8) is 0 Å². The Bertz CT molecular complexity index is 988. The van der Waals surface area contributed by atoms with Gasteiger partial charge in [0.25, 0.3) is 11.7 Å². The van der Waals surface area contributed by atoms with E-state index in [4.69, 9.17) is 32.7 Å². The number of rotatable bonds is 7. The molecule has 1 heterocycles. The van der Waals surface area contributed by atoms with Gasteiger partial charge in [0, 0.05) is 19.2 Å². The highest BCUT2D eigenvalue weighted by molar-refractivity contribution is 6.46. The number of ketones is 1. The summed E-state index contributed by atoms with van der Waals surface area (Å²) in [5, 5.41) is 11.6. The zero-order valence-corrected chi connectivity index (χ0v) is 18.0. The molecule has 0 aliphatic carbocycles. The molecule has 0 saturated carbocycles. The van der Waals surface area contributed by atoms with E-state index in [9.17, 15) is 14.7 Å². The summed E-state index contributed by atoms with van der Waals surface area (Å²) < 4.78 is 10.5. The Morgan fingerprint density at radius 2 is 1.80 bits per heavy atom.